The number of amides is 1. The number of rotatable bonds is 9. The van der Waals surface area contributed by atoms with Gasteiger partial charge >= 0.3 is 0 Å². The molecule has 1 amide bonds. The second-order valence-electron chi connectivity index (χ2n) is 7.03. The highest BCUT2D eigenvalue weighted by Crippen LogP contribution is 2.16. The number of nitrogens with zero attached hydrogens (tertiary/aromatic N) is 2. The molecule has 1 aromatic rings. The summed E-state index contributed by atoms with van der Waals surface area (Å²) in [7, 11) is 1.76. The van der Waals surface area contributed by atoms with E-state index >= 15 is 0 Å². The van der Waals surface area contributed by atoms with Crippen LogP contribution in [0.15, 0.2) is 29.3 Å². The second-order valence-corrected chi connectivity index (χ2v) is 7.03. The molecule has 0 spiro atoms. The predicted octanol–water partition coefficient (Wildman–Crippen LogP) is 1.51. The van der Waals surface area contributed by atoms with E-state index in [1.165, 1.54) is 12.1 Å². The van der Waals surface area contributed by atoms with Gasteiger partial charge in [0.1, 0.15) is 5.82 Å². The molecule has 0 atom stereocenters. The topological polar surface area (TPSA) is 82.8 Å². The molecule has 7 heteroatoms. The highest BCUT2D eigenvalue weighted by molar-refractivity contribution is 5.79. The first-order valence-corrected chi connectivity index (χ1v) is 9.79. The first-order chi connectivity index (χ1) is 13.1. The molecule has 1 saturated heterocycles. The van der Waals surface area contributed by atoms with Crippen LogP contribution < -0.4 is 16.4 Å². The summed E-state index contributed by atoms with van der Waals surface area (Å²) in [6.45, 7) is 4.61. The van der Waals surface area contributed by atoms with Crippen LogP contribution in [0, 0.1) is 11.7 Å². The van der Waals surface area contributed by atoms with Crippen LogP contribution in [0.3, 0.4) is 0 Å². The van der Waals surface area contributed by atoms with E-state index < -0.39 is 0 Å². The van der Waals surface area contributed by atoms with Crippen molar-refractivity contribution in [3.8, 4) is 0 Å². The van der Waals surface area contributed by atoms with Gasteiger partial charge in [-0.05, 0) is 69.4 Å². The average Bonchev–Trinajstić information content (AvgIpc) is 2.68. The Hall–Kier alpha value is -2.15. The summed E-state index contributed by atoms with van der Waals surface area (Å²) in [4.78, 5) is 17.8. The number of hydrogen-bond donors (Lipinski definition) is 3. The van der Waals surface area contributed by atoms with E-state index in [2.05, 4.69) is 20.5 Å². The van der Waals surface area contributed by atoms with Crippen LogP contribution in [0.2, 0.25) is 0 Å². The Morgan fingerprint density at radius 3 is 2.48 bits per heavy atom. The highest BCUT2D eigenvalue weighted by atomic mass is 19.1. The van der Waals surface area contributed by atoms with Crippen molar-refractivity contribution in [3.05, 3.63) is 35.6 Å². The van der Waals surface area contributed by atoms with Gasteiger partial charge in [-0.1, -0.05) is 12.1 Å². The van der Waals surface area contributed by atoms with Gasteiger partial charge in [0.05, 0.1) is 0 Å². The molecule has 1 aliphatic rings. The minimum absolute atomic E-state index is 0.0622. The molecular weight excluding hydrogens is 345 g/mol. The molecule has 1 heterocycles. The van der Waals surface area contributed by atoms with Gasteiger partial charge in [-0.3, -0.25) is 9.79 Å². The number of halogens is 1. The van der Waals surface area contributed by atoms with Crippen molar-refractivity contribution >= 4 is 11.9 Å². The van der Waals surface area contributed by atoms with Crippen molar-refractivity contribution < 1.29 is 9.18 Å². The van der Waals surface area contributed by atoms with Gasteiger partial charge in [0.25, 0.3) is 0 Å². The lowest BCUT2D eigenvalue weighted by molar-refractivity contribution is -0.123. The van der Waals surface area contributed by atoms with E-state index in [1.54, 1.807) is 19.2 Å². The highest BCUT2D eigenvalue weighted by Gasteiger charge is 2.22. The average molecular weight is 378 g/mol. The van der Waals surface area contributed by atoms with Crippen LogP contribution in [0.1, 0.15) is 31.2 Å². The number of unbranched alkanes of at least 4 members (excludes halogenated alkanes) is 1. The van der Waals surface area contributed by atoms with Crippen LogP contribution in [-0.4, -0.2) is 56.5 Å². The molecule has 0 radical (unpaired) electrons. The molecule has 2 rings (SSSR count). The van der Waals surface area contributed by atoms with E-state index in [9.17, 15) is 9.18 Å². The van der Waals surface area contributed by atoms with Gasteiger partial charge in [-0.25, -0.2) is 4.39 Å². The summed E-state index contributed by atoms with van der Waals surface area (Å²) < 4.78 is 12.9. The number of guanidine groups is 1. The number of benzene rings is 1. The molecule has 0 aromatic heterocycles. The number of hydrogen-bond acceptors (Lipinski definition) is 3. The minimum atomic E-state index is -0.207. The zero-order chi connectivity index (χ0) is 19.5. The molecule has 0 aliphatic carbocycles. The third kappa shape index (κ3) is 7.95. The molecule has 1 aromatic carbocycles. The fourth-order valence-corrected chi connectivity index (χ4v) is 3.31. The Bertz CT molecular complexity index is 597. The van der Waals surface area contributed by atoms with Crippen LogP contribution in [0.5, 0.6) is 0 Å². The Kier molecular flexibility index (Phi) is 9.04. The largest absolute Gasteiger partial charge is 0.369 e. The zero-order valence-corrected chi connectivity index (χ0v) is 16.2. The van der Waals surface area contributed by atoms with Gasteiger partial charge in [-0.2, -0.15) is 0 Å². The van der Waals surface area contributed by atoms with Gasteiger partial charge in [-0.15, -0.1) is 0 Å². The lowest BCUT2D eigenvalue weighted by atomic mass is 9.96. The molecule has 6 nitrogen and oxygen atoms in total. The maximum atomic E-state index is 12.9. The standard InChI is InChI=1S/C20H32FN5O/c1-23-20(25-12-8-16-4-6-18(21)7-5-16)24-11-2-3-13-26-14-9-17(10-15-26)19(22)27/h4-7,17H,2-3,8-15H2,1H3,(H2,22,27)(H2,23,24,25). The third-order valence-electron chi connectivity index (χ3n) is 5.03. The fourth-order valence-electron chi connectivity index (χ4n) is 3.31. The predicted molar refractivity (Wildman–Crippen MR) is 107 cm³/mol. The fraction of sp³-hybridized carbons (Fsp3) is 0.600. The monoisotopic (exact) mass is 377 g/mol. The SMILES string of the molecule is CN=C(NCCCCN1CCC(C(N)=O)CC1)NCCc1ccc(F)cc1. The summed E-state index contributed by atoms with van der Waals surface area (Å²) >= 11 is 0. The van der Waals surface area contributed by atoms with Crippen molar-refractivity contribution in [2.24, 2.45) is 16.6 Å². The van der Waals surface area contributed by atoms with E-state index in [1.807, 2.05) is 0 Å². The summed E-state index contributed by atoms with van der Waals surface area (Å²) in [5, 5.41) is 6.60. The Balaban J connectivity index is 1.52. The van der Waals surface area contributed by atoms with Gasteiger partial charge in [0.2, 0.25) is 5.91 Å². The Morgan fingerprint density at radius 2 is 1.85 bits per heavy atom. The lowest BCUT2D eigenvalue weighted by Crippen LogP contribution is -2.40. The van der Waals surface area contributed by atoms with Crippen molar-refractivity contribution in [3.63, 3.8) is 0 Å². The number of likely N-dealkylation sites (tertiary alicyclic amines) is 1. The van der Waals surface area contributed by atoms with Gasteiger partial charge in [0, 0.05) is 26.1 Å². The van der Waals surface area contributed by atoms with Crippen LogP contribution >= 0.6 is 0 Å². The first kappa shape index (κ1) is 21.2. The normalized spacial score (nSPS) is 16.3. The first-order valence-electron chi connectivity index (χ1n) is 9.79. The molecule has 0 bridgehead atoms. The number of primary amides is 1. The summed E-state index contributed by atoms with van der Waals surface area (Å²) in [6, 6.07) is 6.58. The van der Waals surface area contributed by atoms with Gasteiger partial charge in [0.15, 0.2) is 5.96 Å². The molecule has 0 saturated carbocycles. The molecule has 1 aliphatic heterocycles. The minimum Gasteiger partial charge on any atom is -0.369 e. The molecule has 0 unspecified atom stereocenters. The summed E-state index contributed by atoms with van der Waals surface area (Å²) in [5.74, 6) is 0.491. The van der Waals surface area contributed by atoms with Crippen molar-refractivity contribution in [1.29, 1.82) is 0 Å². The molecule has 150 valence electrons. The summed E-state index contributed by atoms with van der Waals surface area (Å²) in [6.07, 6.45) is 4.77. The smallest absolute Gasteiger partial charge is 0.220 e. The molecular formula is C20H32FN5O. The van der Waals surface area contributed by atoms with Crippen LogP contribution in [-0.2, 0) is 11.2 Å². The van der Waals surface area contributed by atoms with E-state index in [4.69, 9.17) is 5.73 Å². The van der Waals surface area contributed by atoms with Crippen molar-refractivity contribution in [2.45, 2.75) is 32.1 Å². The quantitative estimate of drug-likeness (QED) is 0.346. The zero-order valence-electron chi connectivity index (χ0n) is 16.2. The van der Waals surface area contributed by atoms with Gasteiger partial charge < -0.3 is 21.3 Å². The maximum Gasteiger partial charge on any atom is 0.220 e. The number of nitrogens with one attached hydrogen (secondary N) is 2. The molecule has 27 heavy (non-hydrogen) atoms. The van der Waals surface area contributed by atoms with Crippen LogP contribution in [0.4, 0.5) is 4.39 Å². The number of nitrogens with two attached hydrogens (primary N) is 1. The van der Waals surface area contributed by atoms with E-state index in [-0.39, 0.29) is 17.6 Å². The number of carbonyl (C=O) groups is 1. The Labute approximate surface area is 161 Å². The van der Waals surface area contributed by atoms with Crippen molar-refractivity contribution in [2.75, 3.05) is 39.8 Å². The lowest BCUT2D eigenvalue weighted by Gasteiger charge is -2.30. The van der Waals surface area contributed by atoms with Crippen molar-refractivity contribution in [1.82, 2.24) is 15.5 Å². The van der Waals surface area contributed by atoms with E-state index in [0.29, 0.717) is 0 Å². The molecule has 1 fully saturated rings. The number of aliphatic imine (C=N–C) groups is 1. The number of carbonyl (C=O) groups excluding carboxylic acids is 1. The number of piperidine rings is 1. The van der Waals surface area contributed by atoms with E-state index in [0.717, 1.165) is 76.4 Å². The van der Waals surface area contributed by atoms with Crippen LogP contribution in [0.25, 0.3) is 0 Å². The summed E-state index contributed by atoms with van der Waals surface area (Å²) in [5.41, 5.74) is 6.47. The second kappa shape index (κ2) is 11.5. The molecule has 4 N–H and O–H groups in total. The Morgan fingerprint density at radius 1 is 1.19 bits per heavy atom. The maximum absolute atomic E-state index is 12.9. The third-order valence-corrected chi connectivity index (χ3v) is 5.03.